The van der Waals surface area contributed by atoms with Crippen LogP contribution in [0.25, 0.3) is 0 Å². The molecule has 1 aliphatic rings. The van der Waals surface area contributed by atoms with E-state index in [2.05, 4.69) is 39.5 Å². The molecule has 7 heteroatoms. The van der Waals surface area contributed by atoms with Gasteiger partial charge in [0.2, 0.25) is 10.0 Å². The molecule has 5 nitrogen and oxygen atoms in total. The largest absolute Gasteiger partial charge is 0.398 e. The number of rotatable bonds is 3. The van der Waals surface area contributed by atoms with Crippen molar-refractivity contribution in [3.05, 3.63) is 22.2 Å². The van der Waals surface area contributed by atoms with E-state index < -0.39 is 10.0 Å². The number of piperidine rings is 1. The van der Waals surface area contributed by atoms with Gasteiger partial charge >= 0.3 is 0 Å². The van der Waals surface area contributed by atoms with Crippen LogP contribution in [0.5, 0.6) is 0 Å². The van der Waals surface area contributed by atoms with Crippen LogP contribution in [0, 0.1) is 6.92 Å². The van der Waals surface area contributed by atoms with Crippen molar-refractivity contribution < 1.29 is 8.42 Å². The Hall–Kier alpha value is -0.630. The quantitative estimate of drug-likeness (QED) is 0.793. The van der Waals surface area contributed by atoms with E-state index in [1.54, 1.807) is 13.0 Å². The van der Waals surface area contributed by atoms with Crippen LogP contribution in [0.1, 0.15) is 25.3 Å². The van der Waals surface area contributed by atoms with Gasteiger partial charge in [-0.2, -0.15) is 0 Å². The lowest BCUT2D eigenvalue weighted by molar-refractivity contribution is 0.178. The van der Waals surface area contributed by atoms with E-state index in [1.807, 2.05) is 0 Å². The van der Waals surface area contributed by atoms with Crippen molar-refractivity contribution >= 4 is 31.6 Å². The average Bonchev–Trinajstić information content (AvgIpc) is 2.37. The van der Waals surface area contributed by atoms with E-state index >= 15 is 0 Å². The number of hydrogen-bond donors (Lipinski definition) is 2. The number of hydrogen-bond acceptors (Lipinski definition) is 4. The van der Waals surface area contributed by atoms with Gasteiger partial charge in [-0.3, -0.25) is 0 Å². The maximum Gasteiger partial charge on any atom is 0.241 e. The number of likely N-dealkylation sites (tertiary alicyclic amines) is 1. The molecular formula is C14H22BrN3O2S. The monoisotopic (exact) mass is 375 g/mol. The molecule has 1 aromatic carbocycles. The van der Waals surface area contributed by atoms with Crippen molar-refractivity contribution in [3.8, 4) is 0 Å². The summed E-state index contributed by atoms with van der Waals surface area (Å²) in [4.78, 5) is 2.50. The number of anilines is 1. The summed E-state index contributed by atoms with van der Waals surface area (Å²) in [5.41, 5.74) is 6.93. The highest BCUT2D eigenvalue weighted by atomic mass is 79.9. The van der Waals surface area contributed by atoms with Crippen LogP contribution in [0.15, 0.2) is 21.5 Å². The van der Waals surface area contributed by atoms with Crippen LogP contribution in [0.4, 0.5) is 5.69 Å². The van der Waals surface area contributed by atoms with Crippen molar-refractivity contribution in [2.24, 2.45) is 0 Å². The van der Waals surface area contributed by atoms with E-state index in [0.29, 0.717) is 21.8 Å². The van der Waals surface area contributed by atoms with E-state index in [9.17, 15) is 8.42 Å². The number of sulfonamides is 1. The van der Waals surface area contributed by atoms with E-state index in [-0.39, 0.29) is 10.9 Å². The zero-order chi connectivity index (χ0) is 15.8. The van der Waals surface area contributed by atoms with Crippen LogP contribution in [-0.2, 0) is 10.0 Å². The van der Waals surface area contributed by atoms with Crippen molar-refractivity contribution in [2.45, 2.75) is 43.7 Å². The summed E-state index contributed by atoms with van der Waals surface area (Å²) in [7, 11) is -1.48. The molecule has 3 N–H and O–H groups in total. The van der Waals surface area contributed by atoms with Gasteiger partial charge in [0.25, 0.3) is 0 Å². The van der Waals surface area contributed by atoms with E-state index in [1.165, 1.54) is 6.07 Å². The number of nitrogen functional groups attached to an aromatic ring is 1. The lowest BCUT2D eigenvalue weighted by Gasteiger charge is -2.35. The minimum absolute atomic E-state index is 0.0227. The summed E-state index contributed by atoms with van der Waals surface area (Å²) >= 11 is 3.31. The average molecular weight is 376 g/mol. The fourth-order valence-electron chi connectivity index (χ4n) is 2.64. The zero-order valence-electron chi connectivity index (χ0n) is 12.6. The zero-order valence-corrected chi connectivity index (χ0v) is 15.0. The van der Waals surface area contributed by atoms with Gasteiger partial charge in [0.1, 0.15) is 0 Å². The third-order valence-electron chi connectivity index (χ3n) is 4.11. The lowest BCUT2D eigenvalue weighted by atomic mass is 10.0. The lowest BCUT2D eigenvalue weighted by Crippen LogP contribution is -2.47. The number of nitrogens with zero attached hydrogens (tertiary/aromatic N) is 1. The Labute approximate surface area is 135 Å². The van der Waals surface area contributed by atoms with Gasteiger partial charge in [-0.1, -0.05) is 0 Å². The van der Waals surface area contributed by atoms with Gasteiger partial charge < -0.3 is 10.6 Å². The fraction of sp³-hybridized carbons (Fsp3) is 0.571. The SMILES string of the molecule is Cc1cc(Br)c(N)cc1S(=O)(=O)NC1CCN(C)C(C)C1. The molecule has 1 saturated heterocycles. The molecule has 0 aliphatic carbocycles. The van der Waals surface area contributed by atoms with Gasteiger partial charge in [-0.05, 0) is 73.9 Å². The number of benzene rings is 1. The van der Waals surface area contributed by atoms with Gasteiger partial charge in [0.05, 0.1) is 4.90 Å². The van der Waals surface area contributed by atoms with Crippen LogP contribution < -0.4 is 10.5 Å². The third-order valence-corrected chi connectivity index (χ3v) is 6.46. The van der Waals surface area contributed by atoms with Gasteiger partial charge in [0, 0.05) is 22.2 Å². The van der Waals surface area contributed by atoms with Gasteiger partial charge in [-0.15, -0.1) is 0 Å². The van der Waals surface area contributed by atoms with Crippen LogP contribution in [-0.4, -0.2) is 39.0 Å². The Kier molecular flexibility index (Phi) is 4.97. The number of nitrogens with one attached hydrogen (secondary N) is 1. The molecule has 1 aromatic rings. The molecule has 0 spiro atoms. The summed E-state index contributed by atoms with van der Waals surface area (Å²) in [5.74, 6) is 0. The minimum Gasteiger partial charge on any atom is -0.398 e. The highest BCUT2D eigenvalue weighted by Crippen LogP contribution is 2.27. The molecule has 0 radical (unpaired) electrons. The molecule has 2 rings (SSSR count). The molecule has 21 heavy (non-hydrogen) atoms. The van der Waals surface area contributed by atoms with Crippen LogP contribution >= 0.6 is 15.9 Å². The highest BCUT2D eigenvalue weighted by Gasteiger charge is 2.28. The first-order chi connectivity index (χ1) is 9.70. The number of halogens is 1. The molecule has 118 valence electrons. The Bertz CT molecular complexity index is 633. The van der Waals surface area contributed by atoms with Crippen molar-refractivity contribution in [3.63, 3.8) is 0 Å². The normalized spacial score (nSPS) is 24.2. The first-order valence-corrected chi connectivity index (χ1v) is 9.26. The van der Waals surface area contributed by atoms with Crippen molar-refractivity contribution in [1.29, 1.82) is 0 Å². The molecule has 0 saturated carbocycles. The maximum absolute atomic E-state index is 12.6. The molecule has 1 heterocycles. The molecular weight excluding hydrogens is 354 g/mol. The predicted molar refractivity (Wildman–Crippen MR) is 88.7 cm³/mol. The summed E-state index contributed by atoms with van der Waals surface area (Å²) in [6.45, 7) is 4.79. The van der Waals surface area contributed by atoms with Crippen LogP contribution in [0.2, 0.25) is 0 Å². The summed E-state index contributed by atoms with van der Waals surface area (Å²) < 4.78 is 28.7. The standard InChI is InChI=1S/C14H22BrN3O2S/c1-9-6-12(15)13(16)8-14(9)21(19,20)17-11-4-5-18(3)10(2)7-11/h6,8,10-11,17H,4-5,7,16H2,1-3H3. The first-order valence-electron chi connectivity index (χ1n) is 6.99. The first kappa shape index (κ1) is 16.7. The smallest absolute Gasteiger partial charge is 0.241 e. The molecule has 2 atom stereocenters. The second kappa shape index (κ2) is 6.24. The molecule has 2 unspecified atom stereocenters. The topological polar surface area (TPSA) is 75.4 Å². The van der Waals surface area contributed by atoms with E-state index in [0.717, 1.165) is 19.4 Å². The minimum atomic E-state index is -3.54. The Morgan fingerprint density at radius 1 is 1.43 bits per heavy atom. The second-order valence-corrected chi connectivity index (χ2v) is 8.35. The molecule has 0 amide bonds. The number of aryl methyl sites for hydroxylation is 1. The third kappa shape index (κ3) is 3.77. The molecule has 0 bridgehead atoms. The summed E-state index contributed by atoms with van der Waals surface area (Å²) in [6.07, 6.45) is 1.64. The molecule has 1 aliphatic heterocycles. The van der Waals surface area contributed by atoms with E-state index in [4.69, 9.17) is 5.73 Å². The molecule has 1 fully saturated rings. The van der Waals surface area contributed by atoms with Crippen molar-refractivity contribution in [1.82, 2.24) is 9.62 Å². The number of nitrogens with two attached hydrogens (primary N) is 1. The Morgan fingerprint density at radius 2 is 2.10 bits per heavy atom. The fourth-order valence-corrected chi connectivity index (χ4v) is 4.64. The maximum atomic E-state index is 12.6. The van der Waals surface area contributed by atoms with Gasteiger partial charge in [0.15, 0.2) is 0 Å². The second-order valence-electron chi connectivity index (χ2n) is 5.81. The molecule has 0 aromatic heterocycles. The van der Waals surface area contributed by atoms with Crippen molar-refractivity contribution in [2.75, 3.05) is 19.3 Å². The highest BCUT2D eigenvalue weighted by molar-refractivity contribution is 9.10. The van der Waals surface area contributed by atoms with Gasteiger partial charge in [-0.25, -0.2) is 13.1 Å². The predicted octanol–water partition coefficient (Wildman–Crippen LogP) is 2.10. The summed E-state index contributed by atoms with van der Waals surface area (Å²) in [5, 5.41) is 0. The Balaban J connectivity index is 2.21. The Morgan fingerprint density at radius 3 is 2.71 bits per heavy atom. The van der Waals surface area contributed by atoms with Crippen LogP contribution in [0.3, 0.4) is 0 Å². The summed E-state index contributed by atoms with van der Waals surface area (Å²) in [6, 6.07) is 3.61.